The molecular weight excluding hydrogens is 571 g/mol. The molecule has 14 heteroatoms. The number of likely N-dealkylation sites (tertiary alicyclic amines) is 1. The van der Waals surface area contributed by atoms with Crippen LogP contribution in [0.3, 0.4) is 0 Å². The number of nitrogens with one attached hydrogen (secondary N) is 1. The Bertz CT molecular complexity index is 1240. The first kappa shape index (κ1) is 31.1. The number of rotatable bonds is 10. The highest BCUT2D eigenvalue weighted by molar-refractivity contribution is 7.17. The number of esters is 1. The molecule has 0 aromatic carbocycles. The van der Waals surface area contributed by atoms with Crippen LogP contribution in [0.4, 0.5) is 27.8 Å². The van der Waals surface area contributed by atoms with Crippen LogP contribution in [-0.2, 0) is 9.47 Å². The molecule has 4 atom stereocenters. The van der Waals surface area contributed by atoms with Gasteiger partial charge >= 0.3 is 12.1 Å². The van der Waals surface area contributed by atoms with E-state index in [9.17, 15) is 31.5 Å². The number of amides is 1. The number of aromatic nitrogens is 2. The molecule has 8 nitrogen and oxygen atoms in total. The van der Waals surface area contributed by atoms with E-state index in [1.807, 2.05) is 13.8 Å². The van der Waals surface area contributed by atoms with Crippen LogP contribution in [0.25, 0.3) is 10.4 Å². The highest BCUT2D eigenvalue weighted by atomic mass is 32.1. The number of halogens is 5. The van der Waals surface area contributed by atoms with Crippen LogP contribution in [0, 0.1) is 0 Å². The van der Waals surface area contributed by atoms with Gasteiger partial charge in [0.1, 0.15) is 24.2 Å². The van der Waals surface area contributed by atoms with Crippen LogP contribution in [0.15, 0.2) is 12.3 Å². The fourth-order valence-corrected chi connectivity index (χ4v) is 6.04. The summed E-state index contributed by atoms with van der Waals surface area (Å²) >= 11 is 0.709. The Labute approximate surface area is 238 Å². The van der Waals surface area contributed by atoms with Gasteiger partial charge in [0.2, 0.25) is 5.01 Å². The molecule has 0 aliphatic carbocycles. The average molecular weight is 605 g/mol. The molecule has 0 spiro atoms. The highest BCUT2D eigenvalue weighted by Crippen LogP contribution is 2.39. The molecular formula is C27H33F5N4O4S. The zero-order valence-electron chi connectivity index (χ0n) is 23.0. The average Bonchev–Trinajstić information content (AvgIpc) is 3.68. The second-order valence-electron chi connectivity index (χ2n) is 10.3. The molecule has 0 bridgehead atoms. The van der Waals surface area contributed by atoms with Crippen LogP contribution in [-0.4, -0.2) is 70.4 Å². The van der Waals surface area contributed by atoms with Crippen LogP contribution in [0.1, 0.15) is 91.6 Å². The first-order chi connectivity index (χ1) is 19.4. The summed E-state index contributed by atoms with van der Waals surface area (Å²) in [5.41, 5.74) is -1.04. The fraction of sp³-hybridized carbons (Fsp3) is 0.630. The SMILES string of the molecule is CCC1CCC(COC(=O)c2nc(C(=O)N3CCC[C@@H]3C)c(-c3cnc(N[C@@H](CC)C(F)(F)F)cc3C(F)F)s2)O1. The molecule has 0 saturated carbocycles. The summed E-state index contributed by atoms with van der Waals surface area (Å²) in [5.74, 6) is -1.75. The lowest BCUT2D eigenvalue weighted by atomic mass is 10.1. The van der Waals surface area contributed by atoms with E-state index in [-0.39, 0.29) is 58.2 Å². The van der Waals surface area contributed by atoms with Crippen molar-refractivity contribution in [3.63, 3.8) is 0 Å². The van der Waals surface area contributed by atoms with Gasteiger partial charge in [0, 0.05) is 29.9 Å². The standard InChI is InChI=1S/C27H33F5N4O4S/c1-4-15-8-9-16(40-15)13-39-26(38)24-35-21(25(37)36-10-6-7-14(36)3)22(41-24)18-12-33-20(11-17(18)23(28)29)34-19(5-2)27(30,31)32/h11-12,14-16,19,23H,4-10,13H2,1-3H3,(H,33,34)/t14-,15?,16?,19-/m0/s1. The van der Waals surface area contributed by atoms with Crippen molar-refractivity contribution in [1.29, 1.82) is 0 Å². The van der Waals surface area contributed by atoms with Crippen molar-refractivity contribution in [2.24, 2.45) is 0 Å². The zero-order valence-corrected chi connectivity index (χ0v) is 23.8. The van der Waals surface area contributed by atoms with Crippen LogP contribution in [0.5, 0.6) is 0 Å². The van der Waals surface area contributed by atoms with Crippen molar-refractivity contribution in [2.45, 2.75) is 96.2 Å². The zero-order chi connectivity index (χ0) is 29.9. The quantitative estimate of drug-likeness (QED) is 0.240. The number of alkyl halides is 5. The topological polar surface area (TPSA) is 93.7 Å². The second-order valence-corrected chi connectivity index (χ2v) is 11.3. The van der Waals surface area contributed by atoms with Gasteiger partial charge in [-0.1, -0.05) is 13.8 Å². The third-order valence-corrected chi connectivity index (χ3v) is 8.48. The van der Waals surface area contributed by atoms with Crippen LogP contribution < -0.4 is 5.32 Å². The number of ether oxygens (including phenoxy) is 2. The Kier molecular flexibility index (Phi) is 9.83. The maximum Gasteiger partial charge on any atom is 0.408 e. The molecule has 2 unspecified atom stereocenters. The van der Waals surface area contributed by atoms with E-state index in [0.717, 1.165) is 44.4 Å². The lowest BCUT2D eigenvalue weighted by molar-refractivity contribution is -0.142. The summed E-state index contributed by atoms with van der Waals surface area (Å²) in [6.45, 7) is 5.59. The monoisotopic (exact) mass is 604 g/mol. The smallest absolute Gasteiger partial charge is 0.408 e. The predicted octanol–water partition coefficient (Wildman–Crippen LogP) is 6.63. The maximum atomic E-state index is 14.3. The van der Waals surface area contributed by atoms with E-state index < -0.39 is 36.1 Å². The Morgan fingerprint density at radius 2 is 1.95 bits per heavy atom. The summed E-state index contributed by atoms with van der Waals surface area (Å²) in [6.07, 6.45) is -3.34. The number of hydrogen-bond acceptors (Lipinski definition) is 8. The van der Waals surface area contributed by atoms with Crippen molar-refractivity contribution in [3.8, 4) is 10.4 Å². The Morgan fingerprint density at radius 1 is 1.22 bits per heavy atom. The molecule has 2 aromatic rings. The Balaban J connectivity index is 1.67. The van der Waals surface area contributed by atoms with Gasteiger partial charge in [-0.25, -0.2) is 23.5 Å². The van der Waals surface area contributed by atoms with Crippen molar-refractivity contribution < 1.29 is 41.0 Å². The van der Waals surface area contributed by atoms with Gasteiger partial charge in [0.25, 0.3) is 12.3 Å². The second kappa shape index (κ2) is 13.0. The fourth-order valence-electron chi connectivity index (χ4n) is 5.05. The van der Waals surface area contributed by atoms with Crippen molar-refractivity contribution >= 4 is 29.0 Å². The minimum atomic E-state index is -4.61. The first-order valence-electron chi connectivity index (χ1n) is 13.7. The third kappa shape index (κ3) is 7.14. The van der Waals surface area contributed by atoms with Crippen molar-refractivity contribution in [2.75, 3.05) is 18.5 Å². The number of anilines is 1. The normalized spacial score (nSPS) is 21.9. The van der Waals surface area contributed by atoms with Gasteiger partial charge in [-0.2, -0.15) is 13.2 Å². The van der Waals surface area contributed by atoms with Gasteiger partial charge in [-0.05, 0) is 51.5 Å². The van der Waals surface area contributed by atoms with Crippen LogP contribution >= 0.6 is 11.3 Å². The highest BCUT2D eigenvalue weighted by Gasteiger charge is 2.39. The van der Waals surface area contributed by atoms with E-state index in [2.05, 4.69) is 15.3 Å². The number of pyridine rings is 1. The number of thiazole rings is 1. The van der Waals surface area contributed by atoms with Crippen LogP contribution in [0.2, 0.25) is 0 Å². The van der Waals surface area contributed by atoms with E-state index in [0.29, 0.717) is 17.9 Å². The molecule has 0 radical (unpaired) electrons. The molecule has 41 heavy (non-hydrogen) atoms. The number of hydrogen-bond donors (Lipinski definition) is 1. The summed E-state index contributed by atoms with van der Waals surface area (Å²) in [4.78, 5) is 36.2. The number of carbonyl (C=O) groups is 2. The molecule has 2 fully saturated rings. The third-order valence-electron chi connectivity index (χ3n) is 7.41. The van der Waals surface area contributed by atoms with E-state index >= 15 is 0 Å². The molecule has 1 amide bonds. The van der Waals surface area contributed by atoms with E-state index in [1.54, 1.807) is 4.90 Å². The van der Waals surface area contributed by atoms with Gasteiger partial charge < -0.3 is 19.7 Å². The minimum absolute atomic E-state index is 0.0152. The summed E-state index contributed by atoms with van der Waals surface area (Å²) < 4.78 is 79.5. The van der Waals surface area contributed by atoms with Gasteiger partial charge in [0.15, 0.2) is 0 Å². The largest absolute Gasteiger partial charge is 0.458 e. The summed E-state index contributed by atoms with van der Waals surface area (Å²) in [5, 5.41) is 1.96. The summed E-state index contributed by atoms with van der Waals surface area (Å²) in [6, 6.07) is -1.27. The predicted molar refractivity (Wildman–Crippen MR) is 142 cm³/mol. The molecule has 2 aliphatic rings. The Hall–Kier alpha value is -2.87. The van der Waals surface area contributed by atoms with Crippen molar-refractivity contribution in [1.82, 2.24) is 14.9 Å². The maximum absolute atomic E-state index is 14.3. The molecule has 226 valence electrons. The number of nitrogens with zero attached hydrogens (tertiary/aromatic N) is 3. The molecule has 4 heterocycles. The molecule has 1 N–H and O–H groups in total. The molecule has 2 aliphatic heterocycles. The lowest BCUT2D eigenvalue weighted by Gasteiger charge is -2.22. The molecule has 2 aromatic heterocycles. The van der Waals surface area contributed by atoms with Crippen molar-refractivity contribution in [3.05, 3.63) is 28.5 Å². The molecule has 4 rings (SSSR count). The van der Waals surface area contributed by atoms with Gasteiger partial charge in [-0.15, -0.1) is 11.3 Å². The number of carbonyl (C=O) groups excluding carboxylic acids is 2. The van der Waals surface area contributed by atoms with E-state index in [4.69, 9.17) is 9.47 Å². The van der Waals surface area contributed by atoms with E-state index in [1.165, 1.54) is 6.92 Å². The Morgan fingerprint density at radius 3 is 2.54 bits per heavy atom. The summed E-state index contributed by atoms with van der Waals surface area (Å²) in [7, 11) is 0. The molecule has 2 saturated heterocycles. The minimum Gasteiger partial charge on any atom is -0.458 e. The lowest BCUT2D eigenvalue weighted by Crippen LogP contribution is -2.35. The first-order valence-corrected chi connectivity index (χ1v) is 14.5. The van der Waals surface area contributed by atoms with Gasteiger partial charge in [0.05, 0.1) is 17.1 Å². The van der Waals surface area contributed by atoms with Gasteiger partial charge in [-0.3, -0.25) is 4.79 Å².